The predicted octanol–water partition coefficient (Wildman–Crippen LogP) is 3.93. The van der Waals surface area contributed by atoms with E-state index in [1.165, 1.54) is 18.3 Å². The van der Waals surface area contributed by atoms with Crippen LogP contribution >= 0.6 is 22.7 Å². The van der Waals surface area contributed by atoms with E-state index in [2.05, 4.69) is 4.98 Å². The second kappa shape index (κ2) is 4.81. The third kappa shape index (κ3) is 2.03. The summed E-state index contributed by atoms with van der Waals surface area (Å²) in [6.45, 7) is 1.50. The fourth-order valence-electron chi connectivity index (χ4n) is 1.99. The molecule has 0 atom stereocenters. The van der Waals surface area contributed by atoms with Crippen LogP contribution in [0.3, 0.4) is 0 Å². The van der Waals surface area contributed by atoms with Crippen LogP contribution in [-0.4, -0.2) is 21.8 Å². The van der Waals surface area contributed by atoms with Crippen LogP contribution < -0.4 is 0 Å². The number of pyridine rings is 1. The van der Waals surface area contributed by atoms with E-state index in [0.29, 0.717) is 15.3 Å². The van der Waals surface area contributed by atoms with Gasteiger partial charge in [-0.25, -0.2) is 9.78 Å². The topological polar surface area (TPSA) is 67.3 Å². The number of carbonyl (C=O) groups excluding carboxylic acids is 1. The van der Waals surface area contributed by atoms with Crippen molar-refractivity contribution in [1.29, 1.82) is 0 Å². The zero-order valence-corrected chi connectivity index (χ0v) is 12.0. The maximum Gasteiger partial charge on any atom is 0.346 e. The smallest absolute Gasteiger partial charge is 0.346 e. The number of hydrogen-bond donors (Lipinski definition) is 1. The predicted molar refractivity (Wildman–Crippen MR) is 79.9 cm³/mol. The molecule has 3 aromatic rings. The van der Waals surface area contributed by atoms with Crippen molar-refractivity contribution in [2.45, 2.75) is 6.92 Å². The molecule has 0 aliphatic heterocycles. The van der Waals surface area contributed by atoms with E-state index in [-0.39, 0.29) is 10.7 Å². The van der Waals surface area contributed by atoms with Crippen LogP contribution in [-0.2, 0) is 0 Å². The molecule has 0 spiro atoms. The minimum absolute atomic E-state index is 0.0178. The molecule has 0 bridgehead atoms. The van der Waals surface area contributed by atoms with Crippen molar-refractivity contribution in [2.24, 2.45) is 0 Å². The van der Waals surface area contributed by atoms with Gasteiger partial charge in [-0.15, -0.1) is 22.7 Å². The van der Waals surface area contributed by atoms with E-state index in [1.54, 1.807) is 24.4 Å². The first-order valence-corrected chi connectivity index (χ1v) is 7.43. The lowest BCUT2D eigenvalue weighted by Gasteiger charge is -1.97. The summed E-state index contributed by atoms with van der Waals surface area (Å²) in [4.78, 5) is 29.4. The van der Waals surface area contributed by atoms with Gasteiger partial charge in [0.25, 0.3) is 0 Å². The Hall–Kier alpha value is -2.05. The van der Waals surface area contributed by atoms with Crippen LogP contribution in [0.25, 0.3) is 20.7 Å². The normalized spacial score (nSPS) is 10.8. The highest BCUT2D eigenvalue weighted by molar-refractivity contribution is 7.22. The summed E-state index contributed by atoms with van der Waals surface area (Å²) < 4.78 is 0. The number of aromatic carboxylic acids is 1. The van der Waals surface area contributed by atoms with E-state index in [1.807, 2.05) is 6.07 Å². The first-order chi connectivity index (χ1) is 9.58. The highest BCUT2D eigenvalue weighted by Gasteiger charge is 2.21. The van der Waals surface area contributed by atoms with Crippen molar-refractivity contribution < 1.29 is 14.7 Å². The van der Waals surface area contributed by atoms with Crippen LogP contribution in [0.5, 0.6) is 0 Å². The Morgan fingerprint density at radius 2 is 2.00 bits per heavy atom. The molecule has 4 nitrogen and oxygen atoms in total. The van der Waals surface area contributed by atoms with Gasteiger partial charge in [-0.1, -0.05) is 0 Å². The second-order valence-corrected chi connectivity index (χ2v) is 6.27. The number of nitrogens with zero attached hydrogens (tertiary/aromatic N) is 1. The van der Waals surface area contributed by atoms with Crippen LogP contribution in [0.15, 0.2) is 30.5 Å². The molecule has 0 unspecified atom stereocenters. The molecule has 0 aromatic carbocycles. The summed E-state index contributed by atoms with van der Waals surface area (Å²) in [6.07, 6.45) is 1.64. The maximum atomic E-state index is 11.4. The number of ketones is 1. The van der Waals surface area contributed by atoms with Crippen molar-refractivity contribution in [3.8, 4) is 10.4 Å². The Kier molecular flexibility index (Phi) is 3.11. The molecule has 3 heterocycles. The third-order valence-corrected chi connectivity index (χ3v) is 5.17. The molecule has 100 valence electrons. The highest BCUT2D eigenvalue weighted by atomic mass is 32.1. The van der Waals surface area contributed by atoms with Crippen molar-refractivity contribution in [1.82, 2.24) is 4.98 Å². The van der Waals surface area contributed by atoms with Gasteiger partial charge in [0.2, 0.25) is 0 Å². The maximum absolute atomic E-state index is 11.4. The number of hydrogen-bond acceptors (Lipinski definition) is 5. The number of thiophene rings is 2. The van der Waals surface area contributed by atoms with Crippen molar-refractivity contribution in [3.63, 3.8) is 0 Å². The average molecular weight is 303 g/mol. The molecule has 0 saturated carbocycles. The Bertz CT molecular complexity index is 832. The largest absolute Gasteiger partial charge is 0.477 e. The number of carboxylic acid groups (broad SMARTS) is 1. The number of aromatic nitrogens is 1. The first kappa shape index (κ1) is 13.0. The van der Waals surface area contributed by atoms with Gasteiger partial charge in [-0.3, -0.25) is 4.79 Å². The van der Waals surface area contributed by atoms with E-state index in [0.717, 1.165) is 21.6 Å². The van der Waals surface area contributed by atoms with Gasteiger partial charge in [0, 0.05) is 22.0 Å². The lowest BCUT2D eigenvalue weighted by atomic mass is 10.1. The SMILES string of the molecule is CC(=O)c1ccc(-c2c(C(=O)O)sc3ncccc23)s1. The fraction of sp³-hybridized carbons (Fsp3) is 0.0714. The zero-order chi connectivity index (χ0) is 14.3. The van der Waals surface area contributed by atoms with Crippen LogP contribution in [0.1, 0.15) is 26.3 Å². The molecular formula is C14H9NO3S2. The summed E-state index contributed by atoms with van der Waals surface area (Å²) in [5.74, 6) is -0.989. The average Bonchev–Trinajstić information content (AvgIpc) is 3.02. The molecule has 0 amide bonds. The molecule has 3 aromatic heterocycles. The first-order valence-electron chi connectivity index (χ1n) is 5.80. The Labute approximate surface area is 122 Å². The van der Waals surface area contributed by atoms with Gasteiger partial charge >= 0.3 is 5.97 Å². The number of carbonyl (C=O) groups is 2. The van der Waals surface area contributed by atoms with Gasteiger partial charge in [0.15, 0.2) is 5.78 Å². The van der Waals surface area contributed by atoms with Gasteiger partial charge in [0.05, 0.1) is 4.88 Å². The van der Waals surface area contributed by atoms with Crippen molar-refractivity contribution in [2.75, 3.05) is 0 Å². The number of Topliss-reactive ketones (excluding diaryl/α,β-unsaturated/α-hetero) is 1. The van der Waals surface area contributed by atoms with E-state index in [4.69, 9.17) is 0 Å². The molecule has 20 heavy (non-hydrogen) atoms. The van der Waals surface area contributed by atoms with Gasteiger partial charge in [-0.2, -0.15) is 0 Å². The second-order valence-electron chi connectivity index (χ2n) is 4.19. The molecule has 0 saturated heterocycles. The summed E-state index contributed by atoms with van der Waals surface area (Å²) in [7, 11) is 0. The minimum atomic E-state index is -0.972. The summed E-state index contributed by atoms with van der Waals surface area (Å²) in [5.41, 5.74) is 0.656. The Morgan fingerprint density at radius 3 is 2.65 bits per heavy atom. The quantitative estimate of drug-likeness (QED) is 0.744. The van der Waals surface area contributed by atoms with Gasteiger partial charge in [-0.05, 0) is 31.2 Å². The number of fused-ring (bicyclic) bond motifs is 1. The van der Waals surface area contributed by atoms with E-state index < -0.39 is 5.97 Å². The molecule has 0 fully saturated rings. The molecular weight excluding hydrogens is 294 g/mol. The Morgan fingerprint density at radius 1 is 1.20 bits per heavy atom. The van der Waals surface area contributed by atoms with Crippen LogP contribution in [0, 0.1) is 0 Å². The van der Waals surface area contributed by atoms with E-state index >= 15 is 0 Å². The third-order valence-electron chi connectivity index (χ3n) is 2.86. The summed E-state index contributed by atoms with van der Waals surface area (Å²) in [5, 5.41) is 10.2. The Balaban J connectivity index is 2.29. The molecule has 0 radical (unpaired) electrons. The standard InChI is InChI=1S/C14H9NO3S2/c1-7(16)9-4-5-10(19-9)11-8-3-2-6-15-13(8)20-12(11)14(17)18/h2-6H,1H3,(H,17,18). The highest BCUT2D eigenvalue weighted by Crippen LogP contribution is 2.40. The van der Waals surface area contributed by atoms with Gasteiger partial charge < -0.3 is 5.11 Å². The molecule has 0 aliphatic rings. The monoisotopic (exact) mass is 303 g/mol. The molecule has 0 aliphatic carbocycles. The van der Waals surface area contributed by atoms with Gasteiger partial charge in [0.1, 0.15) is 9.71 Å². The summed E-state index contributed by atoms with van der Waals surface area (Å²) >= 11 is 2.47. The molecule has 3 rings (SSSR count). The van der Waals surface area contributed by atoms with E-state index in [9.17, 15) is 14.7 Å². The summed E-state index contributed by atoms with van der Waals surface area (Å²) in [6, 6.07) is 7.16. The van der Waals surface area contributed by atoms with Crippen molar-refractivity contribution >= 4 is 44.6 Å². The lowest BCUT2D eigenvalue weighted by molar-refractivity contribution is 0.0702. The van der Waals surface area contributed by atoms with Crippen molar-refractivity contribution in [3.05, 3.63) is 40.2 Å². The molecule has 6 heteroatoms. The number of carboxylic acids is 1. The van der Waals surface area contributed by atoms with Crippen LogP contribution in [0.2, 0.25) is 0 Å². The molecule has 1 N–H and O–H groups in total. The minimum Gasteiger partial charge on any atom is -0.477 e. The van der Waals surface area contributed by atoms with Crippen LogP contribution in [0.4, 0.5) is 0 Å². The number of rotatable bonds is 3. The fourth-order valence-corrected chi connectivity index (χ4v) is 4.02. The lowest BCUT2D eigenvalue weighted by Crippen LogP contribution is -1.93. The zero-order valence-electron chi connectivity index (χ0n) is 10.4.